The molecule has 3 unspecified atom stereocenters. The van der Waals surface area contributed by atoms with Gasteiger partial charge in [0.15, 0.2) is 14.1 Å². The number of Topliss-reactive ketones (excluding diaryl/α,β-unsaturated/α-hetero) is 1. The molecule has 0 bridgehead atoms. The molecule has 0 aliphatic heterocycles. The van der Waals surface area contributed by atoms with Crippen LogP contribution in [0.3, 0.4) is 0 Å². The molecule has 0 N–H and O–H groups in total. The predicted molar refractivity (Wildman–Crippen MR) is 122 cm³/mol. The molecule has 1 fully saturated rings. The molecule has 2 nitrogen and oxygen atoms in total. The third-order valence-electron chi connectivity index (χ3n) is 7.67. The molecule has 2 rings (SSSR count). The number of rotatable bonds is 3. The molecule has 2 aliphatic rings. The lowest BCUT2D eigenvalue weighted by Crippen LogP contribution is -2.50. The fourth-order valence-electron chi connectivity index (χ4n) is 3.85. The summed E-state index contributed by atoms with van der Waals surface area (Å²) in [6.07, 6.45) is 2.05. The molecule has 0 aromatic heterocycles. The Hall–Kier alpha value is 0.534. The van der Waals surface area contributed by atoms with E-state index in [2.05, 4.69) is 90.3 Å². The standard InChI is InChI=1S/C20H37IO2Si2/c1-19(2,3)24(7,8)15-12-13-11-14(22)17(21)16(13)18(15)23-25(9,10)20(4,5)6/h13,15,18H,11-12H2,1-10H3. The van der Waals surface area contributed by atoms with Gasteiger partial charge in [0.05, 0.1) is 17.8 Å². The van der Waals surface area contributed by atoms with Crippen LogP contribution in [0.5, 0.6) is 0 Å². The fraction of sp³-hybridized carbons (Fsp3) is 0.850. The van der Waals surface area contributed by atoms with Crippen molar-refractivity contribution in [3.8, 4) is 0 Å². The maximum absolute atomic E-state index is 12.4. The topological polar surface area (TPSA) is 26.3 Å². The number of halogens is 1. The molecule has 3 atom stereocenters. The highest BCUT2D eigenvalue weighted by Gasteiger charge is 2.56. The van der Waals surface area contributed by atoms with Crippen molar-refractivity contribution in [2.75, 3.05) is 0 Å². The van der Waals surface area contributed by atoms with Crippen LogP contribution < -0.4 is 0 Å². The summed E-state index contributed by atoms with van der Waals surface area (Å²) < 4.78 is 8.04. The second-order valence-electron chi connectivity index (χ2n) is 11.2. The number of carbonyl (C=O) groups excluding carboxylic acids is 1. The first-order chi connectivity index (χ1) is 11.0. The fourth-order valence-corrected chi connectivity index (χ4v) is 9.22. The van der Waals surface area contributed by atoms with Crippen molar-refractivity contribution in [2.24, 2.45) is 5.92 Å². The summed E-state index contributed by atoms with van der Waals surface area (Å²) in [5.41, 5.74) is 1.98. The number of ketones is 1. The van der Waals surface area contributed by atoms with E-state index in [4.69, 9.17) is 4.43 Å². The van der Waals surface area contributed by atoms with Gasteiger partial charge in [-0.2, -0.15) is 0 Å². The van der Waals surface area contributed by atoms with Crippen LogP contribution in [0.25, 0.3) is 0 Å². The summed E-state index contributed by atoms with van der Waals surface area (Å²) in [4.78, 5) is 12.4. The molecular formula is C20H37IO2Si2. The quantitative estimate of drug-likeness (QED) is 0.315. The molecule has 0 amide bonds. The van der Waals surface area contributed by atoms with Crippen LogP contribution in [-0.4, -0.2) is 28.3 Å². The summed E-state index contributed by atoms with van der Waals surface area (Å²) in [7, 11) is -3.45. The van der Waals surface area contributed by atoms with Gasteiger partial charge >= 0.3 is 0 Å². The SMILES string of the molecule is CC(C)(C)[Si](C)(C)OC1C2=C(I)C(=O)CC2CC1[Si](C)(C)C(C)(C)C. The van der Waals surface area contributed by atoms with Crippen molar-refractivity contribution in [1.29, 1.82) is 0 Å². The Morgan fingerprint density at radius 1 is 1.00 bits per heavy atom. The minimum atomic E-state index is -1.89. The van der Waals surface area contributed by atoms with Crippen molar-refractivity contribution < 1.29 is 9.22 Å². The van der Waals surface area contributed by atoms with Crippen molar-refractivity contribution in [2.45, 2.75) is 102 Å². The first-order valence-electron chi connectivity index (χ1n) is 9.61. The van der Waals surface area contributed by atoms with E-state index in [0.717, 1.165) is 16.4 Å². The highest BCUT2D eigenvalue weighted by Crippen LogP contribution is 2.59. The zero-order valence-electron chi connectivity index (χ0n) is 17.8. The molecule has 0 spiro atoms. The summed E-state index contributed by atoms with van der Waals surface area (Å²) in [5, 5.41) is 0.527. The van der Waals surface area contributed by atoms with E-state index in [1.165, 1.54) is 5.57 Å². The number of hydrogen-bond acceptors (Lipinski definition) is 2. The van der Waals surface area contributed by atoms with E-state index in [-0.39, 0.29) is 11.1 Å². The molecule has 0 radical (unpaired) electrons. The second kappa shape index (κ2) is 6.55. The Bertz CT molecular complexity index is 594. The van der Waals surface area contributed by atoms with Crippen LogP contribution in [0, 0.1) is 5.92 Å². The van der Waals surface area contributed by atoms with Gasteiger partial charge in [-0.15, -0.1) is 0 Å². The number of allylic oxidation sites excluding steroid dienone is 1. The van der Waals surface area contributed by atoms with Gasteiger partial charge < -0.3 is 4.43 Å². The van der Waals surface area contributed by atoms with Crippen LogP contribution in [0.4, 0.5) is 0 Å². The summed E-state index contributed by atoms with van der Waals surface area (Å²) in [6, 6.07) is 0. The Kier molecular flexibility index (Phi) is 5.72. The molecule has 1 saturated carbocycles. The predicted octanol–water partition coefficient (Wildman–Crippen LogP) is 6.94. The normalized spacial score (nSPS) is 28.8. The summed E-state index contributed by atoms with van der Waals surface area (Å²) in [5.74, 6) is 0.784. The van der Waals surface area contributed by atoms with Gasteiger partial charge in [0.2, 0.25) is 0 Å². The largest absolute Gasteiger partial charge is 0.410 e. The molecule has 5 heteroatoms. The average Bonchev–Trinajstić information content (AvgIpc) is 2.86. The van der Waals surface area contributed by atoms with Gasteiger partial charge in [0.25, 0.3) is 0 Å². The Morgan fingerprint density at radius 3 is 1.96 bits per heavy atom. The maximum Gasteiger partial charge on any atom is 0.192 e. The molecule has 2 aliphatic carbocycles. The molecule has 0 saturated heterocycles. The molecule has 0 aromatic rings. The van der Waals surface area contributed by atoms with Crippen molar-refractivity contribution >= 4 is 44.8 Å². The third kappa shape index (κ3) is 3.76. The average molecular weight is 493 g/mol. The van der Waals surface area contributed by atoms with Crippen molar-refractivity contribution in [3.05, 3.63) is 9.15 Å². The number of hydrogen-bond donors (Lipinski definition) is 0. The minimum Gasteiger partial charge on any atom is -0.410 e. The smallest absolute Gasteiger partial charge is 0.192 e. The van der Waals surface area contributed by atoms with E-state index in [1.807, 2.05) is 0 Å². The lowest BCUT2D eigenvalue weighted by atomic mass is 10.1. The maximum atomic E-state index is 12.4. The van der Waals surface area contributed by atoms with Crippen LogP contribution in [0.15, 0.2) is 9.15 Å². The van der Waals surface area contributed by atoms with Crippen molar-refractivity contribution in [1.82, 2.24) is 0 Å². The van der Waals surface area contributed by atoms with Gasteiger partial charge in [0, 0.05) is 6.42 Å². The zero-order chi connectivity index (χ0) is 19.6. The summed E-state index contributed by atoms with van der Waals surface area (Å²) >= 11 is 2.30. The van der Waals surface area contributed by atoms with Gasteiger partial charge in [-0.1, -0.05) is 54.6 Å². The highest BCUT2D eigenvalue weighted by atomic mass is 127. The monoisotopic (exact) mass is 492 g/mol. The second-order valence-corrected chi connectivity index (χ2v) is 22.7. The van der Waals surface area contributed by atoms with E-state index in [0.29, 0.717) is 22.3 Å². The first-order valence-corrected chi connectivity index (χ1v) is 16.7. The molecule has 0 heterocycles. The van der Waals surface area contributed by atoms with E-state index >= 15 is 0 Å². The van der Waals surface area contributed by atoms with E-state index < -0.39 is 16.4 Å². The van der Waals surface area contributed by atoms with Gasteiger partial charge in [-0.05, 0) is 69.2 Å². The van der Waals surface area contributed by atoms with Crippen LogP contribution in [0.2, 0.25) is 41.8 Å². The zero-order valence-corrected chi connectivity index (χ0v) is 22.0. The molecule has 25 heavy (non-hydrogen) atoms. The molecular weight excluding hydrogens is 455 g/mol. The molecule has 0 aromatic carbocycles. The number of fused-ring (bicyclic) bond motifs is 1. The lowest BCUT2D eigenvalue weighted by Gasteiger charge is -2.47. The van der Waals surface area contributed by atoms with Crippen LogP contribution in [0.1, 0.15) is 54.4 Å². The van der Waals surface area contributed by atoms with E-state index in [9.17, 15) is 4.79 Å². The Labute approximate surface area is 170 Å². The van der Waals surface area contributed by atoms with Crippen LogP contribution >= 0.6 is 22.6 Å². The van der Waals surface area contributed by atoms with Crippen LogP contribution in [-0.2, 0) is 9.22 Å². The highest BCUT2D eigenvalue weighted by molar-refractivity contribution is 14.1. The Balaban J connectivity index is 2.50. The van der Waals surface area contributed by atoms with E-state index in [1.54, 1.807) is 0 Å². The van der Waals surface area contributed by atoms with Crippen molar-refractivity contribution in [3.63, 3.8) is 0 Å². The van der Waals surface area contributed by atoms with Gasteiger partial charge in [0.1, 0.15) is 0 Å². The molecule has 144 valence electrons. The third-order valence-corrected chi connectivity index (χ3v) is 19.6. The summed E-state index contributed by atoms with van der Waals surface area (Å²) in [6.45, 7) is 23.9. The first kappa shape index (κ1) is 21.8. The van der Waals surface area contributed by atoms with Gasteiger partial charge in [-0.25, -0.2) is 0 Å². The van der Waals surface area contributed by atoms with Gasteiger partial charge in [-0.3, -0.25) is 4.79 Å². The Morgan fingerprint density at radius 2 is 1.52 bits per heavy atom. The number of carbonyl (C=O) groups is 1. The minimum absolute atomic E-state index is 0.171. The lowest BCUT2D eigenvalue weighted by molar-refractivity contribution is -0.114.